The van der Waals surface area contributed by atoms with Crippen LogP contribution in [0.15, 0.2) is 48.5 Å². The van der Waals surface area contributed by atoms with Crippen LogP contribution in [0.5, 0.6) is 0 Å². The molecule has 0 atom stereocenters. The van der Waals surface area contributed by atoms with Crippen molar-refractivity contribution in [1.29, 1.82) is 0 Å². The van der Waals surface area contributed by atoms with Crippen LogP contribution in [0.1, 0.15) is 60.3 Å². The van der Waals surface area contributed by atoms with Gasteiger partial charge in [-0.2, -0.15) is 0 Å². The molecular formula is C27H24F4. The molecule has 0 aliphatic heterocycles. The lowest BCUT2D eigenvalue weighted by Gasteiger charge is -2.23. The Morgan fingerprint density at radius 2 is 1.39 bits per heavy atom. The van der Waals surface area contributed by atoms with Crippen LogP contribution in [0.3, 0.4) is 0 Å². The van der Waals surface area contributed by atoms with Gasteiger partial charge in [-0.05, 0) is 47.9 Å². The fourth-order valence-electron chi connectivity index (χ4n) is 4.27. The molecule has 0 spiro atoms. The molecule has 0 amide bonds. The number of hydrogen-bond donors (Lipinski definition) is 0. The van der Waals surface area contributed by atoms with E-state index in [0.29, 0.717) is 11.1 Å². The minimum atomic E-state index is -0.886. The van der Waals surface area contributed by atoms with Crippen LogP contribution < -0.4 is 0 Å². The standard InChI is InChI=1S/C27H24F4/c1-17-7-11-21(25(29)24(17)28)14-10-18-8-12-20(13-9-18)23-16-15-22(26(30)27(23)31)19-5-3-2-4-6-19/h7-16,19H,2-6H2,1H3. The van der Waals surface area contributed by atoms with Crippen molar-refractivity contribution in [2.75, 3.05) is 0 Å². The van der Waals surface area contributed by atoms with Crippen LogP contribution >= 0.6 is 0 Å². The summed E-state index contributed by atoms with van der Waals surface area (Å²) in [7, 11) is 0. The Hall–Kier alpha value is -2.88. The van der Waals surface area contributed by atoms with Gasteiger partial charge in [0.05, 0.1) is 0 Å². The molecule has 0 saturated heterocycles. The summed E-state index contributed by atoms with van der Waals surface area (Å²) in [6, 6.07) is 13.3. The van der Waals surface area contributed by atoms with Gasteiger partial charge in [-0.1, -0.05) is 79.9 Å². The Kier molecular flexibility index (Phi) is 6.26. The molecule has 3 aromatic carbocycles. The summed E-state index contributed by atoms with van der Waals surface area (Å²) in [5, 5.41) is 0. The highest BCUT2D eigenvalue weighted by Gasteiger charge is 2.22. The van der Waals surface area contributed by atoms with Crippen LogP contribution in [0.25, 0.3) is 23.3 Å². The molecule has 0 radical (unpaired) electrons. The zero-order chi connectivity index (χ0) is 22.0. The lowest BCUT2D eigenvalue weighted by molar-refractivity contribution is 0.418. The van der Waals surface area contributed by atoms with Crippen molar-refractivity contribution >= 4 is 12.2 Å². The third-order valence-corrected chi connectivity index (χ3v) is 6.14. The molecule has 0 bridgehead atoms. The van der Waals surface area contributed by atoms with Crippen molar-refractivity contribution in [3.8, 4) is 11.1 Å². The minimum absolute atomic E-state index is 0.0943. The van der Waals surface area contributed by atoms with Crippen molar-refractivity contribution < 1.29 is 17.6 Å². The molecule has 0 nitrogen and oxygen atoms in total. The van der Waals surface area contributed by atoms with E-state index < -0.39 is 23.3 Å². The average molecular weight is 424 g/mol. The average Bonchev–Trinajstić information content (AvgIpc) is 2.80. The second-order valence-electron chi connectivity index (χ2n) is 8.22. The van der Waals surface area contributed by atoms with Gasteiger partial charge in [-0.3, -0.25) is 0 Å². The lowest BCUT2D eigenvalue weighted by atomic mass is 9.83. The Labute approximate surface area is 180 Å². The molecule has 0 heterocycles. The van der Waals surface area contributed by atoms with E-state index in [4.69, 9.17) is 0 Å². The molecule has 4 rings (SSSR count). The summed E-state index contributed by atoms with van der Waals surface area (Å²) in [5.74, 6) is -3.21. The van der Waals surface area contributed by atoms with E-state index in [1.165, 1.54) is 25.1 Å². The van der Waals surface area contributed by atoms with E-state index in [1.807, 2.05) is 0 Å². The first-order valence-electron chi connectivity index (χ1n) is 10.7. The zero-order valence-corrected chi connectivity index (χ0v) is 17.4. The second kappa shape index (κ2) is 9.09. The van der Waals surface area contributed by atoms with Gasteiger partial charge in [-0.25, -0.2) is 17.6 Å². The van der Waals surface area contributed by atoms with E-state index in [0.717, 1.165) is 37.7 Å². The molecule has 31 heavy (non-hydrogen) atoms. The summed E-state index contributed by atoms with van der Waals surface area (Å²) in [6.07, 6.45) is 8.23. The van der Waals surface area contributed by atoms with E-state index in [9.17, 15) is 17.6 Å². The maximum Gasteiger partial charge on any atom is 0.166 e. The van der Waals surface area contributed by atoms with Crippen LogP contribution in [0.2, 0.25) is 0 Å². The highest BCUT2D eigenvalue weighted by atomic mass is 19.2. The van der Waals surface area contributed by atoms with Gasteiger partial charge in [0.15, 0.2) is 23.3 Å². The summed E-state index contributed by atoms with van der Waals surface area (Å²) in [5.41, 5.74) is 2.41. The van der Waals surface area contributed by atoms with Crippen LogP contribution in [-0.4, -0.2) is 0 Å². The van der Waals surface area contributed by atoms with Crippen molar-refractivity contribution in [3.05, 3.63) is 94.1 Å². The van der Waals surface area contributed by atoms with Crippen LogP contribution in [0.4, 0.5) is 17.6 Å². The van der Waals surface area contributed by atoms with Crippen molar-refractivity contribution in [1.82, 2.24) is 0 Å². The summed E-state index contributed by atoms with van der Waals surface area (Å²) in [6.45, 7) is 1.51. The fraction of sp³-hybridized carbons (Fsp3) is 0.259. The number of halogens is 4. The zero-order valence-electron chi connectivity index (χ0n) is 17.4. The predicted octanol–water partition coefficient (Wildman–Crippen LogP) is 8.44. The molecule has 3 aromatic rings. The lowest BCUT2D eigenvalue weighted by Crippen LogP contribution is -2.08. The third kappa shape index (κ3) is 4.43. The Bertz CT molecular complexity index is 1110. The maximum absolute atomic E-state index is 14.8. The van der Waals surface area contributed by atoms with Gasteiger partial charge in [-0.15, -0.1) is 0 Å². The molecule has 4 heteroatoms. The third-order valence-electron chi connectivity index (χ3n) is 6.14. The monoisotopic (exact) mass is 424 g/mol. The summed E-state index contributed by atoms with van der Waals surface area (Å²) < 4.78 is 57.3. The van der Waals surface area contributed by atoms with Gasteiger partial charge in [0.1, 0.15) is 0 Å². The number of aryl methyl sites for hydroxylation is 1. The van der Waals surface area contributed by atoms with Crippen molar-refractivity contribution in [2.24, 2.45) is 0 Å². The van der Waals surface area contributed by atoms with Crippen molar-refractivity contribution in [3.63, 3.8) is 0 Å². The number of rotatable bonds is 4. The SMILES string of the molecule is Cc1ccc(C=Cc2ccc(-c3ccc(C4CCCCC4)c(F)c3F)cc2)c(F)c1F. The predicted molar refractivity (Wildman–Crippen MR) is 118 cm³/mol. The van der Waals surface area contributed by atoms with Crippen LogP contribution in [-0.2, 0) is 0 Å². The van der Waals surface area contributed by atoms with E-state index >= 15 is 0 Å². The molecule has 1 aliphatic carbocycles. The Morgan fingerprint density at radius 3 is 2.10 bits per heavy atom. The first-order chi connectivity index (χ1) is 15.0. The minimum Gasteiger partial charge on any atom is -0.203 e. The Morgan fingerprint density at radius 1 is 0.677 bits per heavy atom. The van der Waals surface area contributed by atoms with E-state index in [-0.39, 0.29) is 22.6 Å². The van der Waals surface area contributed by atoms with Crippen molar-refractivity contribution in [2.45, 2.75) is 44.9 Å². The molecule has 0 N–H and O–H groups in total. The highest BCUT2D eigenvalue weighted by molar-refractivity contribution is 5.72. The largest absolute Gasteiger partial charge is 0.203 e. The topological polar surface area (TPSA) is 0 Å². The smallest absolute Gasteiger partial charge is 0.166 e. The van der Waals surface area contributed by atoms with Gasteiger partial charge in [0, 0.05) is 11.1 Å². The van der Waals surface area contributed by atoms with E-state index in [1.54, 1.807) is 42.5 Å². The van der Waals surface area contributed by atoms with Gasteiger partial charge in [0.2, 0.25) is 0 Å². The second-order valence-corrected chi connectivity index (χ2v) is 8.22. The first kappa shape index (κ1) is 21.4. The van der Waals surface area contributed by atoms with Crippen LogP contribution in [0, 0.1) is 30.2 Å². The quantitative estimate of drug-likeness (QED) is 0.291. The number of hydrogen-bond acceptors (Lipinski definition) is 0. The Balaban J connectivity index is 1.55. The summed E-state index contributed by atoms with van der Waals surface area (Å²) >= 11 is 0. The van der Waals surface area contributed by atoms with Gasteiger partial charge >= 0.3 is 0 Å². The van der Waals surface area contributed by atoms with Gasteiger partial charge in [0.25, 0.3) is 0 Å². The molecule has 1 aliphatic rings. The first-order valence-corrected chi connectivity index (χ1v) is 10.7. The molecular weight excluding hydrogens is 400 g/mol. The molecule has 1 saturated carbocycles. The normalized spacial score (nSPS) is 15.0. The maximum atomic E-state index is 14.8. The summed E-state index contributed by atoms with van der Waals surface area (Å²) in [4.78, 5) is 0. The van der Waals surface area contributed by atoms with Gasteiger partial charge < -0.3 is 0 Å². The highest BCUT2D eigenvalue weighted by Crippen LogP contribution is 2.37. The number of benzene rings is 3. The molecule has 0 unspecified atom stereocenters. The van der Waals surface area contributed by atoms with E-state index in [2.05, 4.69) is 0 Å². The molecule has 160 valence electrons. The fourth-order valence-corrected chi connectivity index (χ4v) is 4.27. The molecule has 1 fully saturated rings. The molecule has 0 aromatic heterocycles.